The molecule has 4 heteroatoms. The summed E-state index contributed by atoms with van der Waals surface area (Å²) in [4.78, 5) is 0. The van der Waals surface area contributed by atoms with E-state index in [1.807, 2.05) is 19.9 Å². The second-order valence-electron chi connectivity index (χ2n) is 3.33. The molecular weight excluding hydrogens is 206 g/mol. The summed E-state index contributed by atoms with van der Waals surface area (Å²) < 4.78 is 11.0. The first-order valence-electron chi connectivity index (χ1n) is 5.89. The van der Waals surface area contributed by atoms with Crippen LogP contribution >= 0.6 is 0 Å². The molecule has 0 aromatic carbocycles. The summed E-state index contributed by atoms with van der Waals surface area (Å²) in [7, 11) is -0.241. The Morgan fingerprint density at radius 2 is 2.00 bits per heavy atom. The van der Waals surface area contributed by atoms with Crippen LogP contribution in [0.15, 0.2) is 12.7 Å². The van der Waals surface area contributed by atoms with Gasteiger partial charge in [-0.05, 0) is 26.8 Å². The number of hydrogen-bond donors (Lipinski definition) is 1. The molecule has 0 unspecified atom stereocenters. The van der Waals surface area contributed by atoms with Crippen LogP contribution in [0.4, 0.5) is 0 Å². The van der Waals surface area contributed by atoms with Crippen LogP contribution in [0.25, 0.3) is 0 Å². The lowest BCUT2D eigenvalue weighted by Gasteiger charge is -2.16. The fourth-order valence-electron chi connectivity index (χ4n) is 1.35. The molecule has 0 amide bonds. The van der Waals surface area contributed by atoms with Gasteiger partial charge in [0.2, 0.25) is 0 Å². The van der Waals surface area contributed by atoms with Crippen molar-refractivity contribution in [3.63, 3.8) is 0 Å². The molecule has 0 fully saturated rings. The van der Waals surface area contributed by atoms with Crippen molar-refractivity contribution in [3.05, 3.63) is 12.7 Å². The fraction of sp³-hybridized carbons (Fsp3) is 0.818. The van der Waals surface area contributed by atoms with Crippen LogP contribution in [0.2, 0.25) is 6.04 Å². The van der Waals surface area contributed by atoms with E-state index in [-0.39, 0.29) is 15.4 Å². The number of hydrogen-bond acceptors (Lipinski definition) is 3. The molecule has 0 aliphatic carbocycles. The summed E-state index contributed by atoms with van der Waals surface area (Å²) in [6.45, 7) is 11.2. The van der Waals surface area contributed by atoms with Gasteiger partial charge in [-0.1, -0.05) is 12.1 Å². The van der Waals surface area contributed by atoms with E-state index >= 15 is 0 Å². The Hall–Kier alpha value is -0.163. The van der Waals surface area contributed by atoms with Crippen LogP contribution in [0.3, 0.4) is 0 Å². The van der Waals surface area contributed by atoms with E-state index in [9.17, 15) is 0 Å². The summed E-state index contributed by atoms with van der Waals surface area (Å²) in [6, 6.07) is 1.27. The molecule has 1 N–H and O–H groups in total. The van der Waals surface area contributed by atoms with Crippen molar-refractivity contribution in [2.75, 3.05) is 26.3 Å². The van der Waals surface area contributed by atoms with Crippen molar-refractivity contribution < 1.29 is 9.47 Å². The Bertz CT molecular complexity index is 139. The van der Waals surface area contributed by atoms with Crippen LogP contribution in [-0.4, -0.2) is 41.7 Å². The number of ether oxygens (including phenoxy) is 2. The van der Waals surface area contributed by atoms with Crippen molar-refractivity contribution in [2.24, 2.45) is 0 Å². The normalized spacial score (nSPS) is 11.7. The Kier molecular flexibility index (Phi) is 11.8. The predicted octanol–water partition coefficient (Wildman–Crippen LogP) is 1.10. The lowest BCUT2D eigenvalue weighted by atomic mass is 10.4. The number of rotatable bonds is 11. The standard InChI is InChI=1S/C11H25NO2Si/c1-4-8-12-9-7-10-15-11(13-5-2)14-6-3/h4,11-12H,1,5-10,15H2,2-3H3. The Labute approximate surface area is 96.1 Å². The van der Waals surface area contributed by atoms with Gasteiger partial charge in [-0.3, -0.25) is 0 Å². The summed E-state index contributed by atoms with van der Waals surface area (Å²) >= 11 is 0. The van der Waals surface area contributed by atoms with Crippen LogP contribution in [0.1, 0.15) is 20.3 Å². The van der Waals surface area contributed by atoms with Gasteiger partial charge in [0, 0.05) is 19.8 Å². The predicted molar refractivity (Wildman–Crippen MR) is 68.1 cm³/mol. The van der Waals surface area contributed by atoms with Crippen LogP contribution in [-0.2, 0) is 9.47 Å². The molecule has 0 bridgehead atoms. The van der Waals surface area contributed by atoms with Crippen LogP contribution < -0.4 is 5.32 Å². The van der Waals surface area contributed by atoms with E-state index in [0.717, 1.165) is 26.3 Å². The molecule has 0 atom stereocenters. The second kappa shape index (κ2) is 11.9. The van der Waals surface area contributed by atoms with Crippen molar-refractivity contribution in [1.29, 1.82) is 0 Å². The van der Waals surface area contributed by atoms with Gasteiger partial charge in [0.1, 0.15) is 5.91 Å². The molecule has 3 nitrogen and oxygen atoms in total. The highest BCUT2D eigenvalue weighted by Crippen LogP contribution is 1.98. The third-order valence-corrected chi connectivity index (χ3v) is 3.89. The van der Waals surface area contributed by atoms with Crippen molar-refractivity contribution >= 4 is 9.52 Å². The van der Waals surface area contributed by atoms with Gasteiger partial charge in [-0.2, -0.15) is 0 Å². The summed E-state index contributed by atoms with van der Waals surface area (Å²) in [6.07, 6.45) is 3.11. The van der Waals surface area contributed by atoms with Gasteiger partial charge < -0.3 is 14.8 Å². The maximum absolute atomic E-state index is 5.51. The van der Waals surface area contributed by atoms with Crippen molar-refractivity contribution in [2.45, 2.75) is 32.2 Å². The molecule has 15 heavy (non-hydrogen) atoms. The first-order valence-corrected chi connectivity index (χ1v) is 7.71. The Morgan fingerprint density at radius 3 is 2.53 bits per heavy atom. The van der Waals surface area contributed by atoms with E-state index < -0.39 is 0 Å². The minimum atomic E-state index is -0.241. The lowest BCUT2D eigenvalue weighted by molar-refractivity contribution is -0.0827. The quantitative estimate of drug-likeness (QED) is 0.250. The molecule has 0 rings (SSSR count). The molecule has 0 aliphatic heterocycles. The van der Waals surface area contributed by atoms with E-state index in [0.29, 0.717) is 0 Å². The van der Waals surface area contributed by atoms with E-state index in [1.54, 1.807) is 0 Å². The summed E-state index contributed by atoms with van der Waals surface area (Å²) in [5.74, 6) is 0.124. The average molecular weight is 231 g/mol. The third kappa shape index (κ3) is 10.1. The Morgan fingerprint density at radius 1 is 1.33 bits per heavy atom. The Balaban J connectivity index is 3.31. The van der Waals surface area contributed by atoms with Crippen molar-refractivity contribution in [3.8, 4) is 0 Å². The first kappa shape index (κ1) is 14.8. The molecule has 90 valence electrons. The smallest absolute Gasteiger partial charge is 0.134 e. The molecular formula is C11H25NO2Si. The van der Waals surface area contributed by atoms with E-state index in [4.69, 9.17) is 9.47 Å². The zero-order valence-corrected chi connectivity index (χ0v) is 11.5. The minimum Gasteiger partial charge on any atom is -0.357 e. The number of nitrogens with one attached hydrogen (secondary N) is 1. The average Bonchev–Trinajstić information content (AvgIpc) is 2.24. The lowest BCUT2D eigenvalue weighted by Crippen LogP contribution is -2.25. The molecule has 0 heterocycles. The maximum atomic E-state index is 5.51. The summed E-state index contributed by atoms with van der Waals surface area (Å²) in [5, 5.41) is 3.30. The zero-order valence-electron chi connectivity index (χ0n) is 10.1. The highest BCUT2D eigenvalue weighted by atomic mass is 28.2. The second-order valence-corrected chi connectivity index (χ2v) is 5.28. The highest BCUT2D eigenvalue weighted by molar-refractivity contribution is 6.36. The highest BCUT2D eigenvalue weighted by Gasteiger charge is 2.07. The molecule has 0 spiro atoms. The van der Waals surface area contributed by atoms with Gasteiger partial charge >= 0.3 is 0 Å². The van der Waals surface area contributed by atoms with Crippen LogP contribution in [0.5, 0.6) is 0 Å². The monoisotopic (exact) mass is 231 g/mol. The summed E-state index contributed by atoms with van der Waals surface area (Å²) in [5.41, 5.74) is 0. The zero-order chi connectivity index (χ0) is 11.4. The molecule has 0 saturated carbocycles. The molecule has 0 aromatic rings. The third-order valence-electron chi connectivity index (χ3n) is 2.04. The van der Waals surface area contributed by atoms with Gasteiger partial charge in [0.25, 0.3) is 0 Å². The minimum absolute atomic E-state index is 0.124. The van der Waals surface area contributed by atoms with E-state index in [2.05, 4.69) is 11.9 Å². The molecule has 0 aromatic heterocycles. The molecule has 0 aliphatic rings. The largest absolute Gasteiger partial charge is 0.357 e. The van der Waals surface area contributed by atoms with Crippen molar-refractivity contribution in [1.82, 2.24) is 5.32 Å². The van der Waals surface area contributed by atoms with Crippen LogP contribution in [0, 0.1) is 0 Å². The van der Waals surface area contributed by atoms with Gasteiger partial charge in [0.05, 0.1) is 9.52 Å². The molecule has 0 saturated heterocycles. The van der Waals surface area contributed by atoms with E-state index in [1.165, 1.54) is 12.5 Å². The topological polar surface area (TPSA) is 30.5 Å². The van der Waals surface area contributed by atoms with Gasteiger partial charge in [0.15, 0.2) is 0 Å². The molecule has 0 radical (unpaired) electrons. The van der Waals surface area contributed by atoms with Gasteiger partial charge in [-0.25, -0.2) is 0 Å². The maximum Gasteiger partial charge on any atom is 0.134 e. The van der Waals surface area contributed by atoms with Gasteiger partial charge in [-0.15, -0.1) is 6.58 Å². The first-order chi connectivity index (χ1) is 7.35. The SMILES string of the molecule is C=CCNCCC[SiH2]C(OCC)OCC. The fourth-order valence-corrected chi connectivity index (χ4v) is 3.03.